The van der Waals surface area contributed by atoms with E-state index in [0.717, 1.165) is 16.8 Å². The monoisotopic (exact) mass is 331 g/mol. The molecule has 0 fully saturated rings. The number of aryl methyl sites for hydroxylation is 1. The van der Waals surface area contributed by atoms with Crippen LogP contribution < -0.4 is 10.1 Å². The molecule has 0 spiro atoms. The van der Waals surface area contributed by atoms with Gasteiger partial charge in [-0.3, -0.25) is 4.79 Å². The standard InChI is InChI=1S/C19H22ClNO2/c1-12(2)15-9-7-8-13(3)18(15)21-19(22)14(4)23-17-11-6-5-10-16(17)20/h5-12,14H,1-4H3,(H,21,22). The van der Waals surface area contributed by atoms with E-state index < -0.39 is 6.10 Å². The smallest absolute Gasteiger partial charge is 0.265 e. The van der Waals surface area contributed by atoms with E-state index in [1.165, 1.54) is 0 Å². The van der Waals surface area contributed by atoms with E-state index in [0.29, 0.717) is 16.7 Å². The molecule has 0 aromatic heterocycles. The van der Waals surface area contributed by atoms with Crippen LogP contribution in [0.3, 0.4) is 0 Å². The predicted molar refractivity (Wildman–Crippen MR) is 95.4 cm³/mol. The third-order valence-electron chi connectivity index (χ3n) is 3.68. The summed E-state index contributed by atoms with van der Waals surface area (Å²) in [7, 11) is 0. The summed E-state index contributed by atoms with van der Waals surface area (Å²) in [6, 6.07) is 13.2. The van der Waals surface area contributed by atoms with Gasteiger partial charge in [0.15, 0.2) is 6.10 Å². The largest absolute Gasteiger partial charge is 0.479 e. The molecule has 1 N–H and O–H groups in total. The first-order chi connectivity index (χ1) is 10.9. The van der Waals surface area contributed by atoms with Gasteiger partial charge in [-0.1, -0.05) is 55.8 Å². The first-order valence-electron chi connectivity index (χ1n) is 7.71. The van der Waals surface area contributed by atoms with Crippen molar-refractivity contribution in [1.82, 2.24) is 0 Å². The Kier molecular flexibility index (Phi) is 5.67. The molecule has 23 heavy (non-hydrogen) atoms. The summed E-state index contributed by atoms with van der Waals surface area (Å²) < 4.78 is 5.68. The molecule has 0 aliphatic carbocycles. The highest BCUT2D eigenvalue weighted by molar-refractivity contribution is 6.32. The van der Waals surface area contributed by atoms with Crippen LogP contribution >= 0.6 is 11.6 Å². The Balaban J connectivity index is 2.15. The molecule has 1 atom stereocenters. The Labute approximate surface area is 142 Å². The minimum Gasteiger partial charge on any atom is -0.479 e. The van der Waals surface area contributed by atoms with Crippen LogP contribution in [-0.2, 0) is 4.79 Å². The van der Waals surface area contributed by atoms with Gasteiger partial charge in [-0.15, -0.1) is 0 Å². The van der Waals surface area contributed by atoms with Gasteiger partial charge in [-0.2, -0.15) is 0 Å². The highest BCUT2D eigenvalue weighted by atomic mass is 35.5. The molecule has 1 unspecified atom stereocenters. The van der Waals surface area contributed by atoms with Crippen molar-refractivity contribution >= 4 is 23.2 Å². The first kappa shape index (κ1) is 17.4. The number of anilines is 1. The zero-order chi connectivity index (χ0) is 17.0. The van der Waals surface area contributed by atoms with Gasteiger partial charge in [0, 0.05) is 5.69 Å². The van der Waals surface area contributed by atoms with Crippen LogP contribution in [0.4, 0.5) is 5.69 Å². The molecule has 0 heterocycles. The molecule has 0 bridgehead atoms. The van der Waals surface area contributed by atoms with Crippen LogP contribution in [0.5, 0.6) is 5.75 Å². The third-order valence-corrected chi connectivity index (χ3v) is 4.00. The lowest BCUT2D eigenvalue weighted by Crippen LogP contribution is -2.31. The first-order valence-corrected chi connectivity index (χ1v) is 8.09. The summed E-state index contributed by atoms with van der Waals surface area (Å²) in [5, 5.41) is 3.48. The molecule has 0 saturated carbocycles. The van der Waals surface area contributed by atoms with Gasteiger partial charge >= 0.3 is 0 Å². The number of hydrogen-bond donors (Lipinski definition) is 1. The van der Waals surface area contributed by atoms with Gasteiger partial charge < -0.3 is 10.1 Å². The van der Waals surface area contributed by atoms with Gasteiger partial charge in [0.2, 0.25) is 0 Å². The highest BCUT2D eigenvalue weighted by Gasteiger charge is 2.19. The summed E-state index contributed by atoms with van der Waals surface area (Å²) in [6.07, 6.45) is -0.644. The zero-order valence-electron chi connectivity index (χ0n) is 13.9. The van der Waals surface area contributed by atoms with Crippen LogP contribution in [0.2, 0.25) is 5.02 Å². The number of hydrogen-bond acceptors (Lipinski definition) is 2. The lowest BCUT2D eigenvalue weighted by Gasteiger charge is -2.19. The lowest BCUT2D eigenvalue weighted by atomic mass is 9.98. The molecule has 122 valence electrons. The minimum atomic E-state index is -0.644. The molecule has 0 saturated heterocycles. The van der Waals surface area contributed by atoms with Crippen molar-refractivity contribution in [2.45, 2.75) is 39.7 Å². The number of para-hydroxylation sites is 2. The van der Waals surface area contributed by atoms with Gasteiger partial charge in [-0.25, -0.2) is 0 Å². The van der Waals surface area contributed by atoms with E-state index in [1.807, 2.05) is 37.3 Å². The molecule has 1 amide bonds. The van der Waals surface area contributed by atoms with Crippen molar-refractivity contribution in [3.63, 3.8) is 0 Å². The summed E-state index contributed by atoms with van der Waals surface area (Å²) in [4.78, 5) is 12.5. The maximum Gasteiger partial charge on any atom is 0.265 e. The fourth-order valence-corrected chi connectivity index (χ4v) is 2.53. The molecule has 4 heteroatoms. The van der Waals surface area contributed by atoms with Crippen molar-refractivity contribution in [2.75, 3.05) is 5.32 Å². The number of rotatable bonds is 5. The van der Waals surface area contributed by atoms with Crippen molar-refractivity contribution in [3.05, 3.63) is 58.6 Å². The fourth-order valence-electron chi connectivity index (χ4n) is 2.35. The fraction of sp³-hybridized carbons (Fsp3) is 0.316. The predicted octanol–water partition coefficient (Wildman–Crippen LogP) is 5.18. The van der Waals surface area contributed by atoms with Crippen molar-refractivity contribution < 1.29 is 9.53 Å². The quantitative estimate of drug-likeness (QED) is 0.820. The zero-order valence-corrected chi connectivity index (χ0v) is 14.6. The Morgan fingerprint density at radius 2 is 1.78 bits per heavy atom. The molecule has 3 nitrogen and oxygen atoms in total. The van der Waals surface area contributed by atoms with E-state index in [2.05, 4.69) is 19.2 Å². The van der Waals surface area contributed by atoms with Gasteiger partial charge in [0.05, 0.1) is 5.02 Å². The number of nitrogens with one attached hydrogen (secondary N) is 1. The highest BCUT2D eigenvalue weighted by Crippen LogP contribution is 2.28. The Bertz CT molecular complexity index is 698. The molecular weight excluding hydrogens is 310 g/mol. The molecule has 0 aliphatic rings. The maximum atomic E-state index is 12.5. The number of carbonyl (C=O) groups excluding carboxylic acids is 1. The molecule has 0 radical (unpaired) electrons. The van der Waals surface area contributed by atoms with Gasteiger partial charge in [0.25, 0.3) is 5.91 Å². The summed E-state index contributed by atoms with van der Waals surface area (Å²) >= 11 is 6.07. The maximum absolute atomic E-state index is 12.5. The van der Waals surface area contributed by atoms with E-state index >= 15 is 0 Å². The van der Waals surface area contributed by atoms with E-state index in [-0.39, 0.29) is 5.91 Å². The molecule has 0 aliphatic heterocycles. The molecular formula is C19H22ClNO2. The van der Waals surface area contributed by atoms with Crippen molar-refractivity contribution in [1.29, 1.82) is 0 Å². The van der Waals surface area contributed by atoms with Crippen LogP contribution in [0.25, 0.3) is 0 Å². The van der Waals surface area contributed by atoms with Crippen LogP contribution in [0, 0.1) is 6.92 Å². The second-order valence-corrected chi connectivity index (χ2v) is 6.28. The van der Waals surface area contributed by atoms with Crippen LogP contribution in [0.1, 0.15) is 37.8 Å². The van der Waals surface area contributed by atoms with E-state index in [4.69, 9.17) is 16.3 Å². The van der Waals surface area contributed by atoms with Gasteiger partial charge in [-0.05, 0) is 43.0 Å². The third kappa shape index (κ3) is 4.26. The number of halogens is 1. The Hall–Kier alpha value is -2.00. The van der Waals surface area contributed by atoms with Gasteiger partial charge in [0.1, 0.15) is 5.75 Å². The average molecular weight is 332 g/mol. The number of benzene rings is 2. The SMILES string of the molecule is Cc1cccc(C(C)C)c1NC(=O)C(C)Oc1ccccc1Cl. The Morgan fingerprint density at radius 1 is 1.09 bits per heavy atom. The van der Waals surface area contributed by atoms with Crippen LogP contribution in [0.15, 0.2) is 42.5 Å². The number of ether oxygens (including phenoxy) is 1. The van der Waals surface area contributed by atoms with Crippen LogP contribution in [-0.4, -0.2) is 12.0 Å². The second-order valence-electron chi connectivity index (χ2n) is 5.87. The summed E-state index contributed by atoms with van der Waals surface area (Å²) in [6.45, 7) is 7.91. The summed E-state index contributed by atoms with van der Waals surface area (Å²) in [5.74, 6) is 0.636. The minimum absolute atomic E-state index is 0.193. The van der Waals surface area contributed by atoms with Crippen molar-refractivity contribution in [2.24, 2.45) is 0 Å². The van der Waals surface area contributed by atoms with E-state index in [9.17, 15) is 4.79 Å². The topological polar surface area (TPSA) is 38.3 Å². The molecule has 2 aromatic carbocycles. The second kappa shape index (κ2) is 7.51. The van der Waals surface area contributed by atoms with Crippen molar-refractivity contribution in [3.8, 4) is 5.75 Å². The number of amides is 1. The average Bonchev–Trinajstić information content (AvgIpc) is 2.51. The van der Waals surface area contributed by atoms with E-state index in [1.54, 1.807) is 19.1 Å². The lowest BCUT2D eigenvalue weighted by molar-refractivity contribution is -0.122. The molecule has 2 aromatic rings. The normalized spacial score (nSPS) is 12.1. The summed E-state index contributed by atoms with van der Waals surface area (Å²) in [5.41, 5.74) is 3.01. The number of carbonyl (C=O) groups is 1. The molecule has 2 rings (SSSR count). The Morgan fingerprint density at radius 3 is 2.43 bits per heavy atom.